The number of aldehydes is 1. The van der Waals surface area contributed by atoms with Crippen molar-refractivity contribution < 1.29 is 29.0 Å². The summed E-state index contributed by atoms with van der Waals surface area (Å²) in [5.41, 5.74) is 0.677. The zero-order valence-corrected chi connectivity index (χ0v) is 24.3. The lowest BCUT2D eigenvalue weighted by Gasteiger charge is -2.31. The molecule has 0 atom stereocenters. The van der Waals surface area contributed by atoms with Crippen molar-refractivity contribution in [3.63, 3.8) is 0 Å². The van der Waals surface area contributed by atoms with E-state index >= 15 is 0 Å². The van der Waals surface area contributed by atoms with Crippen molar-refractivity contribution in [3.8, 4) is 11.5 Å². The van der Waals surface area contributed by atoms with Crippen LogP contribution in [0.25, 0.3) is 0 Å². The van der Waals surface area contributed by atoms with Gasteiger partial charge in [-0.1, -0.05) is 68.9 Å². The standard InChI is InChI=1S/C35H38N2O6/c38-24-34(18-6-2-7-19-34)31(39)37-30-17-16-29(23-26(30)22-25-10-4-1-5-11-25)43-28-14-12-27(13-15-28)36-32(40)35(33(41)42)20-8-3-9-21-35/h1,4-5,10-17,23-24H,2-3,6-9,18-22H2,(H,36,40)(H,37,39)(H,41,42). The molecule has 0 unspecified atom stereocenters. The summed E-state index contributed by atoms with van der Waals surface area (Å²) in [4.78, 5) is 50.3. The van der Waals surface area contributed by atoms with Crippen LogP contribution in [0.4, 0.5) is 11.4 Å². The van der Waals surface area contributed by atoms with Gasteiger partial charge in [0, 0.05) is 11.4 Å². The molecule has 2 amide bonds. The second-order valence-corrected chi connectivity index (χ2v) is 11.8. The Bertz CT molecular complexity index is 1460. The van der Waals surface area contributed by atoms with E-state index in [4.69, 9.17) is 4.74 Å². The number of nitrogens with one attached hydrogen (secondary N) is 2. The molecule has 8 heteroatoms. The maximum absolute atomic E-state index is 13.3. The molecule has 3 aromatic rings. The Morgan fingerprint density at radius 3 is 2.00 bits per heavy atom. The minimum atomic E-state index is -1.39. The fourth-order valence-corrected chi connectivity index (χ4v) is 6.23. The first kappa shape index (κ1) is 30.0. The van der Waals surface area contributed by atoms with E-state index in [2.05, 4.69) is 10.6 Å². The molecule has 0 saturated heterocycles. The molecule has 3 aromatic carbocycles. The van der Waals surface area contributed by atoms with Crippen molar-refractivity contribution in [2.24, 2.45) is 10.8 Å². The number of benzene rings is 3. The molecule has 0 radical (unpaired) electrons. The van der Waals surface area contributed by atoms with Gasteiger partial charge in [0.05, 0.1) is 0 Å². The van der Waals surface area contributed by atoms with Crippen molar-refractivity contribution in [2.45, 2.75) is 70.6 Å². The van der Waals surface area contributed by atoms with E-state index < -0.39 is 22.7 Å². The second-order valence-electron chi connectivity index (χ2n) is 11.8. The highest BCUT2D eigenvalue weighted by molar-refractivity contribution is 6.08. The lowest BCUT2D eigenvalue weighted by molar-refractivity contribution is -0.156. The SMILES string of the molecule is O=CC1(C(=O)Nc2ccc(Oc3ccc(NC(=O)C4(C(=O)O)CCCCC4)cc3)cc2Cc2ccccc2)CCCCC1. The number of hydrogen-bond donors (Lipinski definition) is 3. The summed E-state index contributed by atoms with van der Waals surface area (Å²) in [5, 5.41) is 15.6. The van der Waals surface area contributed by atoms with E-state index in [9.17, 15) is 24.3 Å². The third-order valence-corrected chi connectivity index (χ3v) is 8.88. The van der Waals surface area contributed by atoms with Crippen LogP contribution in [0.2, 0.25) is 0 Å². The van der Waals surface area contributed by atoms with E-state index in [-0.39, 0.29) is 5.91 Å². The number of carbonyl (C=O) groups excluding carboxylic acids is 3. The van der Waals surface area contributed by atoms with Crippen LogP contribution in [0.15, 0.2) is 72.8 Å². The fourth-order valence-electron chi connectivity index (χ4n) is 6.23. The molecule has 224 valence electrons. The first-order chi connectivity index (χ1) is 20.8. The van der Waals surface area contributed by atoms with Crippen molar-refractivity contribution >= 4 is 35.4 Å². The highest BCUT2D eigenvalue weighted by atomic mass is 16.5. The van der Waals surface area contributed by atoms with Gasteiger partial charge in [-0.2, -0.15) is 0 Å². The van der Waals surface area contributed by atoms with Gasteiger partial charge in [0.1, 0.15) is 28.6 Å². The second kappa shape index (κ2) is 13.2. The van der Waals surface area contributed by atoms with E-state index in [1.165, 1.54) is 0 Å². The van der Waals surface area contributed by atoms with E-state index in [1.807, 2.05) is 36.4 Å². The zero-order chi connectivity index (χ0) is 30.3. The van der Waals surface area contributed by atoms with Crippen molar-refractivity contribution in [1.29, 1.82) is 0 Å². The van der Waals surface area contributed by atoms with Crippen molar-refractivity contribution in [2.75, 3.05) is 10.6 Å². The molecule has 2 aliphatic rings. The summed E-state index contributed by atoms with van der Waals surface area (Å²) in [7, 11) is 0. The Morgan fingerprint density at radius 2 is 1.37 bits per heavy atom. The summed E-state index contributed by atoms with van der Waals surface area (Å²) >= 11 is 0. The first-order valence-corrected chi connectivity index (χ1v) is 15.1. The van der Waals surface area contributed by atoms with E-state index in [0.717, 1.165) is 55.9 Å². The van der Waals surface area contributed by atoms with Crippen LogP contribution < -0.4 is 15.4 Å². The maximum atomic E-state index is 13.3. The Balaban J connectivity index is 1.32. The number of rotatable bonds is 10. The molecule has 0 aliphatic heterocycles. The van der Waals surface area contributed by atoms with Gasteiger partial charge in [0.2, 0.25) is 11.8 Å². The number of carbonyl (C=O) groups is 4. The molecule has 43 heavy (non-hydrogen) atoms. The predicted molar refractivity (Wildman–Crippen MR) is 164 cm³/mol. The Hall–Kier alpha value is -4.46. The molecular formula is C35H38N2O6. The largest absolute Gasteiger partial charge is 0.480 e. The number of anilines is 2. The quantitative estimate of drug-likeness (QED) is 0.173. The number of ether oxygens (including phenoxy) is 1. The summed E-state index contributed by atoms with van der Waals surface area (Å²) in [6.45, 7) is 0. The fraction of sp³-hybridized carbons (Fsp3) is 0.371. The third-order valence-electron chi connectivity index (χ3n) is 8.88. The zero-order valence-electron chi connectivity index (χ0n) is 24.3. The molecule has 2 saturated carbocycles. The molecule has 0 spiro atoms. The molecule has 2 aliphatic carbocycles. The number of carboxylic acid groups (broad SMARTS) is 1. The van der Waals surface area contributed by atoms with Gasteiger partial charge in [0.15, 0.2) is 0 Å². The summed E-state index contributed by atoms with van der Waals surface area (Å²) in [6, 6.07) is 22.2. The van der Waals surface area contributed by atoms with E-state index in [0.29, 0.717) is 55.0 Å². The highest BCUT2D eigenvalue weighted by Gasteiger charge is 2.46. The summed E-state index contributed by atoms with van der Waals surface area (Å²) in [5.74, 6) is -0.721. The smallest absolute Gasteiger partial charge is 0.319 e. The van der Waals surface area contributed by atoms with Crippen molar-refractivity contribution in [3.05, 3.63) is 83.9 Å². The number of amides is 2. The maximum Gasteiger partial charge on any atom is 0.319 e. The van der Waals surface area contributed by atoms with Crippen LogP contribution in [0.3, 0.4) is 0 Å². The average molecular weight is 583 g/mol. The van der Waals surface area contributed by atoms with Crippen LogP contribution in [0, 0.1) is 10.8 Å². The van der Waals surface area contributed by atoms with Gasteiger partial charge < -0.3 is 25.3 Å². The lowest BCUT2D eigenvalue weighted by Crippen LogP contribution is -2.44. The predicted octanol–water partition coefficient (Wildman–Crippen LogP) is 7.13. The Labute approximate surface area is 251 Å². The monoisotopic (exact) mass is 582 g/mol. The molecule has 3 N–H and O–H groups in total. The average Bonchev–Trinajstić information content (AvgIpc) is 3.04. The summed E-state index contributed by atoms with van der Waals surface area (Å²) < 4.78 is 6.13. The third kappa shape index (κ3) is 6.79. The van der Waals surface area contributed by atoms with Crippen LogP contribution in [0.5, 0.6) is 11.5 Å². The van der Waals surface area contributed by atoms with Crippen molar-refractivity contribution in [1.82, 2.24) is 0 Å². The molecule has 0 aromatic heterocycles. The van der Waals surface area contributed by atoms with Gasteiger partial charge >= 0.3 is 5.97 Å². The Morgan fingerprint density at radius 1 is 0.744 bits per heavy atom. The van der Waals surface area contributed by atoms with Gasteiger partial charge in [-0.25, -0.2) is 0 Å². The van der Waals surface area contributed by atoms with Crippen LogP contribution >= 0.6 is 0 Å². The van der Waals surface area contributed by atoms with Crippen LogP contribution in [-0.2, 0) is 25.6 Å². The molecule has 8 nitrogen and oxygen atoms in total. The number of carboxylic acids is 1. The van der Waals surface area contributed by atoms with Gasteiger partial charge in [-0.05, 0) is 85.7 Å². The Kier molecular flexibility index (Phi) is 9.24. The molecule has 2 fully saturated rings. The number of aliphatic carboxylic acids is 1. The first-order valence-electron chi connectivity index (χ1n) is 15.1. The summed E-state index contributed by atoms with van der Waals surface area (Å²) in [6.07, 6.45) is 8.31. The van der Waals surface area contributed by atoms with Gasteiger partial charge in [0.25, 0.3) is 0 Å². The van der Waals surface area contributed by atoms with Gasteiger partial charge in [-0.3, -0.25) is 14.4 Å². The van der Waals surface area contributed by atoms with E-state index in [1.54, 1.807) is 36.4 Å². The normalized spacial score (nSPS) is 17.3. The number of hydrogen-bond acceptors (Lipinski definition) is 5. The topological polar surface area (TPSA) is 122 Å². The lowest BCUT2D eigenvalue weighted by atomic mass is 9.73. The van der Waals surface area contributed by atoms with Crippen LogP contribution in [0.1, 0.15) is 75.3 Å². The minimum absolute atomic E-state index is 0.263. The highest BCUT2D eigenvalue weighted by Crippen LogP contribution is 2.39. The van der Waals surface area contributed by atoms with Gasteiger partial charge in [-0.15, -0.1) is 0 Å². The minimum Gasteiger partial charge on any atom is -0.480 e. The molecule has 5 rings (SSSR count). The van der Waals surface area contributed by atoms with Crippen LogP contribution in [-0.4, -0.2) is 29.2 Å². The molecule has 0 heterocycles. The molecule has 0 bridgehead atoms. The molecular weight excluding hydrogens is 544 g/mol.